The van der Waals surface area contributed by atoms with Crippen molar-refractivity contribution >= 4 is 40.8 Å². The minimum atomic E-state index is -0.955. The summed E-state index contributed by atoms with van der Waals surface area (Å²) in [6, 6.07) is 14.7. The monoisotopic (exact) mass is 461 g/mol. The zero-order valence-corrected chi connectivity index (χ0v) is 19.1. The molecule has 2 aromatic rings. The normalized spacial score (nSPS) is 20.9. The van der Waals surface area contributed by atoms with Gasteiger partial charge in [-0.15, -0.1) is 0 Å². The summed E-state index contributed by atoms with van der Waals surface area (Å²) in [6.07, 6.45) is 2.86. The average Bonchev–Trinajstić information content (AvgIpc) is 3.47. The lowest BCUT2D eigenvalue weighted by Gasteiger charge is -2.44. The zero-order valence-electron chi connectivity index (χ0n) is 19.1. The SMILES string of the molecule is Cc1ccc(N2CC(C(=O)OCC(=O)N3c4ccccc4NC(=O)C34CCCC4)CC2=O)cc1. The van der Waals surface area contributed by atoms with E-state index in [-0.39, 0.29) is 24.8 Å². The highest BCUT2D eigenvalue weighted by molar-refractivity contribution is 6.15. The highest BCUT2D eigenvalue weighted by atomic mass is 16.5. The maximum atomic E-state index is 13.4. The van der Waals surface area contributed by atoms with Crippen LogP contribution in [0.25, 0.3) is 0 Å². The summed E-state index contributed by atoms with van der Waals surface area (Å²) in [7, 11) is 0. The van der Waals surface area contributed by atoms with Gasteiger partial charge in [-0.3, -0.25) is 24.1 Å². The molecule has 8 heteroatoms. The first-order valence-electron chi connectivity index (χ1n) is 11.7. The molecule has 8 nitrogen and oxygen atoms in total. The number of ether oxygens (including phenoxy) is 1. The molecule has 176 valence electrons. The number of amides is 3. The lowest BCUT2D eigenvalue weighted by atomic mass is 9.90. The van der Waals surface area contributed by atoms with Crippen LogP contribution < -0.4 is 15.1 Å². The molecule has 5 rings (SSSR count). The predicted molar refractivity (Wildman–Crippen MR) is 126 cm³/mol. The molecule has 3 amide bonds. The van der Waals surface area contributed by atoms with Gasteiger partial charge in [0.15, 0.2) is 6.61 Å². The van der Waals surface area contributed by atoms with Crippen molar-refractivity contribution in [3.63, 3.8) is 0 Å². The van der Waals surface area contributed by atoms with Crippen molar-refractivity contribution < 1.29 is 23.9 Å². The number of nitrogens with one attached hydrogen (secondary N) is 1. The highest BCUT2D eigenvalue weighted by Gasteiger charge is 2.52. The Morgan fingerprint density at radius 2 is 1.76 bits per heavy atom. The summed E-state index contributed by atoms with van der Waals surface area (Å²) < 4.78 is 5.40. The molecule has 2 aromatic carbocycles. The van der Waals surface area contributed by atoms with Gasteiger partial charge in [-0.05, 0) is 44.0 Å². The van der Waals surface area contributed by atoms with Crippen molar-refractivity contribution in [1.29, 1.82) is 0 Å². The third-order valence-corrected chi connectivity index (χ3v) is 7.07. The topological polar surface area (TPSA) is 96.0 Å². The highest BCUT2D eigenvalue weighted by Crippen LogP contribution is 2.45. The quantitative estimate of drug-likeness (QED) is 0.706. The summed E-state index contributed by atoms with van der Waals surface area (Å²) in [4.78, 5) is 54.8. The van der Waals surface area contributed by atoms with Crippen LogP contribution in [0.15, 0.2) is 48.5 Å². The summed E-state index contributed by atoms with van der Waals surface area (Å²) in [5.41, 5.74) is 2.05. The Balaban J connectivity index is 1.29. The van der Waals surface area contributed by atoms with E-state index in [1.54, 1.807) is 23.1 Å². The molecule has 2 aliphatic heterocycles. The summed E-state index contributed by atoms with van der Waals surface area (Å²) in [5, 5.41) is 2.93. The van der Waals surface area contributed by atoms with E-state index in [4.69, 9.17) is 4.74 Å². The van der Waals surface area contributed by atoms with E-state index in [0.29, 0.717) is 24.2 Å². The molecular weight excluding hydrogens is 434 g/mol. The van der Waals surface area contributed by atoms with Crippen LogP contribution in [0.4, 0.5) is 17.1 Å². The van der Waals surface area contributed by atoms with Crippen LogP contribution in [0.3, 0.4) is 0 Å². The summed E-state index contributed by atoms with van der Waals surface area (Å²) in [6.45, 7) is 1.71. The van der Waals surface area contributed by atoms with Crippen LogP contribution in [0, 0.1) is 12.8 Å². The fourth-order valence-corrected chi connectivity index (χ4v) is 5.28. The van der Waals surface area contributed by atoms with Crippen molar-refractivity contribution in [1.82, 2.24) is 0 Å². The number of hydrogen-bond acceptors (Lipinski definition) is 5. The second-order valence-electron chi connectivity index (χ2n) is 9.29. The average molecular weight is 462 g/mol. The molecule has 2 heterocycles. The standard InChI is InChI=1S/C26H27N3O5/c1-17-8-10-19(11-9-17)28-15-18(14-22(28)30)24(32)34-16-23(31)29-21-7-3-2-6-20(21)27-25(33)26(29)12-4-5-13-26/h2-3,6-11,18H,4-5,12-16H2,1H3,(H,27,33). The number of benzene rings is 2. The van der Waals surface area contributed by atoms with E-state index in [2.05, 4.69) is 5.32 Å². The summed E-state index contributed by atoms with van der Waals surface area (Å²) >= 11 is 0. The molecule has 1 N–H and O–H groups in total. The second-order valence-corrected chi connectivity index (χ2v) is 9.29. The first-order chi connectivity index (χ1) is 16.4. The molecule has 1 saturated carbocycles. The molecule has 3 aliphatic rings. The number of hydrogen-bond donors (Lipinski definition) is 1. The molecule has 0 bridgehead atoms. The Morgan fingerprint density at radius 3 is 2.50 bits per heavy atom. The first kappa shape index (κ1) is 22.1. The fraction of sp³-hybridized carbons (Fsp3) is 0.385. The van der Waals surface area contributed by atoms with Crippen LogP contribution >= 0.6 is 0 Å². The lowest BCUT2D eigenvalue weighted by molar-refractivity contribution is -0.152. The van der Waals surface area contributed by atoms with Gasteiger partial charge >= 0.3 is 5.97 Å². The van der Waals surface area contributed by atoms with Gasteiger partial charge in [-0.1, -0.05) is 42.7 Å². The third-order valence-electron chi connectivity index (χ3n) is 7.07. The molecule has 1 spiro atoms. The van der Waals surface area contributed by atoms with Crippen LogP contribution in [-0.2, 0) is 23.9 Å². The number of carbonyl (C=O) groups excluding carboxylic acids is 4. The third kappa shape index (κ3) is 3.73. The number of nitrogens with zero attached hydrogens (tertiary/aromatic N) is 2. The van der Waals surface area contributed by atoms with Gasteiger partial charge in [0.25, 0.3) is 11.8 Å². The molecule has 34 heavy (non-hydrogen) atoms. The van der Waals surface area contributed by atoms with Crippen LogP contribution in [-0.4, -0.2) is 42.4 Å². The van der Waals surface area contributed by atoms with Gasteiger partial charge in [0.1, 0.15) is 5.54 Å². The Bertz CT molecular complexity index is 1150. The first-order valence-corrected chi connectivity index (χ1v) is 11.7. The van der Waals surface area contributed by atoms with Gasteiger partial charge in [-0.25, -0.2) is 0 Å². The second kappa shape index (κ2) is 8.59. The molecule has 1 saturated heterocycles. The molecule has 2 fully saturated rings. The van der Waals surface area contributed by atoms with E-state index >= 15 is 0 Å². The predicted octanol–water partition coefficient (Wildman–Crippen LogP) is 3.19. The van der Waals surface area contributed by atoms with Gasteiger partial charge < -0.3 is 15.0 Å². The number of aryl methyl sites for hydroxylation is 1. The van der Waals surface area contributed by atoms with Crippen molar-refractivity contribution in [3.05, 3.63) is 54.1 Å². The van der Waals surface area contributed by atoms with Gasteiger partial charge in [0, 0.05) is 18.7 Å². The van der Waals surface area contributed by atoms with Crippen molar-refractivity contribution in [3.8, 4) is 0 Å². The fourth-order valence-electron chi connectivity index (χ4n) is 5.28. The van der Waals surface area contributed by atoms with Gasteiger partial charge in [0.2, 0.25) is 5.91 Å². The van der Waals surface area contributed by atoms with Crippen LogP contribution in [0.1, 0.15) is 37.7 Å². The Hall–Kier alpha value is -3.68. The zero-order chi connectivity index (χ0) is 23.9. The maximum Gasteiger partial charge on any atom is 0.311 e. The number of carbonyl (C=O) groups is 4. The molecule has 1 aliphatic carbocycles. The molecular formula is C26H27N3O5. The van der Waals surface area contributed by atoms with E-state index in [9.17, 15) is 19.2 Å². The lowest BCUT2D eigenvalue weighted by Crippen LogP contribution is -2.61. The van der Waals surface area contributed by atoms with Gasteiger partial charge in [0.05, 0.1) is 17.3 Å². The van der Waals surface area contributed by atoms with E-state index in [1.165, 1.54) is 4.90 Å². The minimum absolute atomic E-state index is 0.0415. The molecule has 1 atom stereocenters. The minimum Gasteiger partial charge on any atom is -0.455 e. The smallest absolute Gasteiger partial charge is 0.311 e. The van der Waals surface area contributed by atoms with Crippen molar-refractivity contribution in [2.75, 3.05) is 28.3 Å². The number of rotatable bonds is 4. The largest absolute Gasteiger partial charge is 0.455 e. The summed E-state index contributed by atoms with van der Waals surface area (Å²) in [5.74, 6) is -2.00. The van der Waals surface area contributed by atoms with E-state index < -0.39 is 29.9 Å². The molecule has 0 radical (unpaired) electrons. The number of fused-ring (bicyclic) bond motifs is 1. The molecule has 0 aromatic heterocycles. The van der Waals surface area contributed by atoms with E-state index in [0.717, 1.165) is 24.1 Å². The van der Waals surface area contributed by atoms with Crippen molar-refractivity contribution in [2.24, 2.45) is 5.92 Å². The van der Waals surface area contributed by atoms with E-state index in [1.807, 2.05) is 37.3 Å². The number of para-hydroxylation sites is 2. The van der Waals surface area contributed by atoms with Gasteiger partial charge in [-0.2, -0.15) is 0 Å². The Kier molecular flexibility index (Phi) is 5.59. The van der Waals surface area contributed by atoms with Crippen molar-refractivity contribution in [2.45, 2.75) is 44.6 Å². The number of anilines is 3. The number of esters is 1. The molecule has 1 unspecified atom stereocenters. The van der Waals surface area contributed by atoms with Crippen LogP contribution in [0.2, 0.25) is 0 Å². The Labute approximate surface area is 197 Å². The van der Waals surface area contributed by atoms with Crippen LogP contribution in [0.5, 0.6) is 0 Å². The Morgan fingerprint density at radius 1 is 1.06 bits per heavy atom. The maximum absolute atomic E-state index is 13.4.